The molecule has 0 atom stereocenters. The van der Waals surface area contributed by atoms with Crippen LogP contribution in [0.15, 0.2) is 24.3 Å². The topological polar surface area (TPSA) is 44.1 Å². The summed E-state index contributed by atoms with van der Waals surface area (Å²) in [5, 5.41) is 4.43. The monoisotopic (exact) mass is 258 g/mol. The highest BCUT2D eigenvalue weighted by Gasteiger charge is 2.14. The van der Waals surface area contributed by atoms with E-state index in [0.29, 0.717) is 12.2 Å². The molecule has 1 aromatic carbocycles. The van der Waals surface area contributed by atoms with Gasteiger partial charge in [-0.25, -0.2) is 4.68 Å². The van der Waals surface area contributed by atoms with E-state index in [9.17, 15) is 4.79 Å². The summed E-state index contributed by atoms with van der Waals surface area (Å²) in [6.07, 6.45) is 1.80. The molecule has 0 aliphatic heterocycles. The van der Waals surface area contributed by atoms with Crippen LogP contribution in [0.4, 0.5) is 0 Å². The Morgan fingerprint density at radius 2 is 2.05 bits per heavy atom. The molecule has 2 rings (SSSR count). The van der Waals surface area contributed by atoms with Crippen LogP contribution in [0, 0.1) is 13.8 Å². The number of aldehydes is 1. The predicted octanol–water partition coefficient (Wildman–Crippen LogP) is 3.09. The summed E-state index contributed by atoms with van der Waals surface area (Å²) in [6, 6.07) is 7.73. The van der Waals surface area contributed by atoms with Crippen molar-refractivity contribution in [2.75, 3.05) is 6.61 Å². The number of nitrogens with zero attached hydrogens (tertiary/aromatic N) is 2. The molecule has 0 unspecified atom stereocenters. The van der Waals surface area contributed by atoms with Gasteiger partial charge in [-0.05, 0) is 32.4 Å². The van der Waals surface area contributed by atoms with Gasteiger partial charge in [-0.2, -0.15) is 5.10 Å². The fourth-order valence-corrected chi connectivity index (χ4v) is 2.03. The molecule has 4 nitrogen and oxygen atoms in total. The van der Waals surface area contributed by atoms with Crippen molar-refractivity contribution in [2.45, 2.75) is 27.2 Å². The van der Waals surface area contributed by atoms with Gasteiger partial charge < -0.3 is 4.74 Å². The first-order chi connectivity index (χ1) is 9.19. The van der Waals surface area contributed by atoms with Crippen molar-refractivity contribution in [3.63, 3.8) is 0 Å². The number of aryl methyl sites for hydroxylation is 1. The number of carbonyl (C=O) groups excluding carboxylic acids is 1. The van der Waals surface area contributed by atoms with E-state index in [2.05, 4.69) is 12.0 Å². The minimum Gasteiger partial charge on any atom is -0.491 e. The van der Waals surface area contributed by atoms with Crippen LogP contribution in [-0.4, -0.2) is 22.7 Å². The van der Waals surface area contributed by atoms with E-state index in [1.165, 1.54) is 0 Å². The number of aromatic nitrogens is 2. The van der Waals surface area contributed by atoms with Crippen LogP contribution in [0.25, 0.3) is 5.69 Å². The summed E-state index contributed by atoms with van der Waals surface area (Å²) in [6.45, 7) is 6.45. The highest BCUT2D eigenvalue weighted by atomic mass is 16.5. The summed E-state index contributed by atoms with van der Waals surface area (Å²) in [7, 11) is 0. The van der Waals surface area contributed by atoms with E-state index >= 15 is 0 Å². The van der Waals surface area contributed by atoms with Crippen molar-refractivity contribution < 1.29 is 9.53 Å². The second kappa shape index (κ2) is 5.69. The van der Waals surface area contributed by atoms with E-state index in [1.54, 1.807) is 4.68 Å². The second-order valence-corrected chi connectivity index (χ2v) is 4.43. The highest BCUT2D eigenvalue weighted by molar-refractivity contribution is 5.78. The van der Waals surface area contributed by atoms with Crippen LogP contribution in [0.5, 0.6) is 5.75 Å². The van der Waals surface area contributed by atoms with Crippen molar-refractivity contribution in [3.05, 3.63) is 41.2 Å². The van der Waals surface area contributed by atoms with Crippen molar-refractivity contribution >= 4 is 6.29 Å². The first-order valence-corrected chi connectivity index (χ1v) is 6.42. The van der Waals surface area contributed by atoms with E-state index in [1.807, 2.05) is 38.1 Å². The van der Waals surface area contributed by atoms with E-state index in [0.717, 1.165) is 35.5 Å². The van der Waals surface area contributed by atoms with Gasteiger partial charge >= 0.3 is 0 Å². The summed E-state index contributed by atoms with van der Waals surface area (Å²) in [5.41, 5.74) is 3.08. The molecule has 100 valence electrons. The number of hydrogen-bond donors (Lipinski definition) is 0. The van der Waals surface area contributed by atoms with E-state index < -0.39 is 0 Å². The highest BCUT2D eigenvalue weighted by Crippen LogP contribution is 2.25. The molecule has 0 aliphatic rings. The largest absolute Gasteiger partial charge is 0.491 e. The normalized spacial score (nSPS) is 10.5. The molecule has 4 heteroatoms. The van der Waals surface area contributed by atoms with Crippen molar-refractivity contribution in [1.29, 1.82) is 0 Å². The molecule has 1 aromatic heterocycles. The fourth-order valence-electron chi connectivity index (χ4n) is 2.03. The van der Waals surface area contributed by atoms with Crippen molar-refractivity contribution in [2.24, 2.45) is 0 Å². The Labute approximate surface area is 113 Å². The molecule has 0 saturated carbocycles. The summed E-state index contributed by atoms with van der Waals surface area (Å²) >= 11 is 0. The Balaban J connectivity index is 2.49. The Morgan fingerprint density at radius 1 is 1.32 bits per heavy atom. The standard InChI is InChI=1S/C15H18N2O2/c1-4-9-19-15-8-6-5-7-14(15)17-12(3)13(10-18)11(2)16-17/h5-8,10H,4,9H2,1-3H3. The minimum absolute atomic E-state index is 0.644. The minimum atomic E-state index is 0.644. The number of carbonyl (C=O) groups is 1. The average molecular weight is 258 g/mol. The van der Waals surface area contributed by atoms with Gasteiger partial charge in [-0.1, -0.05) is 19.1 Å². The zero-order valence-corrected chi connectivity index (χ0v) is 11.5. The Morgan fingerprint density at radius 3 is 2.68 bits per heavy atom. The lowest BCUT2D eigenvalue weighted by Crippen LogP contribution is -2.04. The van der Waals surface area contributed by atoms with Gasteiger partial charge in [0.25, 0.3) is 0 Å². The molecule has 0 N–H and O–H groups in total. The van der Waals surface area contributed by atoms with E-state index in [-0.39, 0.29) is 0 Å². The predicted molar refractivity (Wildman–Crippen MR) is 74.2 cm³/mol. The summed E-state index contributed by atoms with van der Waals surface area (Å²) < 4.78 is 7.50. The Kier molecular flexibility index (Phi) is 4.00. The van der Waals surface area contributed by atoms with Crippen molar-refractivity contribution in [3.8, 4) is 11.4 Å². The van der Waals surface area contributed by atoms with Crippen LogP contribution in [0.1, 0.15) is 35.1 Å². The number of benzene rings is 1. The molecule has 0 bridgehead atoms. The van der Waals surface area contributed by atoms with Gasteiger partial charge in [0.05, 0.1) is 23.6 Å². The molecule has 19 heavy (non-hydrogen) atoms. The van der Waals surface area contributed by atoms with Crippen LogP contribution < -0.4 is 4.74 Å². The van der Waals surface area contributed by atoms with Gasteiger partial charge in [-0.3, -0.25) is 4.79 Å². The lowest BCUT2D eigenvalue weighted by atomic mass is 10.2. The van der Waals surface area contributed by atoms with Gasteiger partial charge in [0.1, 0.15) is 11.4 Å². The first kappa shape index (κ1) is 13.3. The van der Waals surface area contributed by atoms with Crippen molar-refractivity contribution in [1.82, 2.24) is 9.78 Å². The van der Waals surface area contributed by atoms with Gasteiger partial charge in [0.2, 0.25) is 0 Å². The maximum atomic E-state index is 11.1. The Bertz CT molecular complexity index is 588. The fraction of sp³-hybridized carbons (Fsp3) is 0.333. The van der Waals surface area contributed by atoms with Gasteiger partial charge in [0.15, 0.2) is 6.29 Å². The molecule has 0 saturated heterocycles. The van der Waals surface area contributed by atoms with Crippen LogP contribution in [-0.2, 0) is 0 Å². The summed E-state index contributed by atoms with van der Waals surface area (Å²) in [4.78, 5) is 11.1. The molecule has 0 spiro atoms. The zero-order valence-electron chi connectivity index (χ0n) is 11.5. The second-order valence-electron chi connectivity index (χ2n) is 4.43. The molecule has 2 aromatic rings. The maximum absolute atomic E-state index is 11.1. The van der Waals surface area contributed by atoms with Crippen LogP contribution in [0.3, 0.4) is 0 Å². The number of hydrogen-bond acceptors (Lipinski definition) is 3. The molecule has 0 fully saturated rings. The SMILES string of the molecule is CCCOc1ccccc1-n1nc(C)c(C=O)c1C. The first-order valence-electron chi connectivity index (χ1n) is 6.42. The molecule has 0 aliphatic carbocycles. The summed E-state index contributed by atoms with van der Waals surface area (Å²) in [5.74, 6) is 0.785. The third kappa shape index (κ3) is 2.52. The lowest BCUT2D eigenvalue weighted by molar-refractivity contribution is 0.112. The smallest absolute Gasteiger partial charge is 0.153 e. The molecular weight excluding hydrogens is 240 g/mol. The molecule has 1 heterocycles. The number of para-hydroxylation sites is 2. The third-order valence-corrected chi connectivity index (χ3v) is 3.02. The lowest BCUT2D eigenvalue weighted by Gasteiger charge is -2.12. The number of rotatable bonds is 5. The zero-order chi connectivity index (χ0) is 13.8. The molecular formula is C15H18N2O2. The van der Waals surface area contributed by atoms with Crippen LogP contribution in [0.2, 0.25) is 0 Å². The van der Waals surface area contributed by atoms with Gasteiger partial charge in [0, 0.05) is 0 Å². The van der Waals surface area contributed by atoms with E-state index in [4.69, 9.17) is 4.74 Å². The Hall–Kier alpha value is -2.10. The molecule has 0 radical (unpaired) electrons. The third-order valence-electron chi connectivity index (χ3n) is 3.02. The van der Waals surface area contributed by atoms with Gasteiger partial charge in [-0.15, -0.1) is 0 Å². The van der Waals surface area contributed by atoms with Crippen LogP contribution >= 0.6 is 0 Å². The average Bonchev–Trinajstić information content (AvgIpc) is 2.71. The maximum Gasteiger partial charge on any atom is 0.153 e. The number of ether oxygens (including phenoxy) is 1. The quantitative estimate of drug-likeness (QED) is 0.774. The molecule has 0 amide bonds.